The first kappa shape index (κ1) is 56.4. The fourth-order valence-electron chi connectivity index (χ4n) is 18.9. The Morgan fingerprint density at radius 2 is 1.00 bits per heavy atom. The molecule has 3 heterocycles. The molecule has 0 radical (unpaired) electrons. The van der Waals surface area contributed by atoms with E-state index in [1.807, 2.05) is 12.2 Å². The predicted octanol–water partition coefficient (Wildman–Crippen LogP) is 9.36. The lowest BCUT2D eigenvalue weighted by Crippen LogP contribution is -2.72. The maximum Gasteiger partial charge on any atom is 0.258 e. The van der Waals surface area contributed by atoms with E-state index in [1.165, 1.54) is 12.1 Å². The lowest BCUT2D eigenvalue weighted by atomic mass is 9.35. The van der Waals surface area contributed by atoms with Gasteiger partial charge in [-0.2, -0.15) is 0 Å². The lowest BCUT2D eigenvalue weighted by molar-refractivity contribution is -0.532. The standard InChI is InChI=1S/C53H72Cl2N8O15/c54-37-19-20-46(45(55)28-37)77-30-47(64)56-31-50-21-22-51(78-50,34-9-3-15-41(25-34)60(69)70)53(36-11-5-17-43(27-36)62(73)74)49(33-8-2-14-40(24-33)59(67)68)57(38-12-6-18-44(29-38)63(75)76)48(32-7-1-13-39(23-32)58(65)66)52(50,53)35-10-4-16-42(26-35)61(71)72/h19-22,28,32-36,38-44,48-49H,1-18,23-27,29-31H2,(H,56,64). The first-order chi connectivity index (χ1) is 37.3. The Morgan fingerprint density at radius 3 is 1.51 bits per heavy atom. The lowest BCUT2D eigenvalue weighted by Gasteiger charge is -2.65. The van der Waals surface area contributed by atoms with Crippen molar-refractivity contribution in [3.8, 4) is 5.75 Å². The van der Waals surface area contributed by atoms with Crippen molar-refractivity contribution in [2.75, 3.05) is 13.2 Å². The molecule has 1 N–H and O–H groups in total. The smallest absolute Gasteiger partial charge is 0.258 e. The van der Waals surface area contributed by atoms with Gasteiger partial charge in [0.15, 0.2) is 6.61 Å². The molecule has 1 aromatic rings. The van der Waals surface area contributed by atoms with E-state index in [0.717, 1.165) is 0 Å². The van der Waals surface area contributed by atoms with Gasteiger partial charge in [0.2, 0.25) is 36.3 Å². The molecule has 6 aliphatic carbocycles. The van der Waals surface area contributed by atoms with Crippen molar-refractivity contribution >= 4 is 29.1 Å². The summed E-state index contributed by atoms with van der Waals surface area (Å²) >= 11 is 12.7. The van der Waals surface area contributed by atoms with Gasteiger partial charge in [-0.1, -0.05) is 35.4 Å². The topological polar surface area (TPSA) is 310 Å². The fraction of sp³-hybridized carbons (Fsp3) is 0.830. The second-order valence-electron chi connectivity index (χ2n) is 24.7. The predicted molar refractivity (Wildman–Crippen MR) is 282 cm³/mol. The third-order valence-electron chi connectivity index (χ3n) is 21.3. The number of carbonyl (C=O) groups is 1. The van der Waals surface area contributed by atoms with Crippen LogP contribution in [0.15, 0.2) is 30.4 Å². The van der Waals surface area contributed by atoms with Crippen molar-refractivity contribution in [1.29, 1.82) is 0 Å². The first-order valence-electron chi connectivity index (χ1n) is 28.6. The van der Waals surface area contributed by atoms with Crippen molar-refractivity contribution in [3.63, 3.8) is 0 Å². The second-order valence-corrected chi connectivity index (χ2v) is 25.6. The number of benzene rings is 1. The summed E-state index contributed by atoms with van der Waals surface area (Å²) in [4.78, 5) is 95.1. The minimum atomic E-state index is -1.67. The maximum atomic E-state index is 14.6. The monoisotopic (exact) mass is 1130 g/mol. The van der Waals surface area contributed by atoms with Crippen LogP contribution in [0.4, 0.5) is 0 Å². The third-order valence-corrected chi connectivity index (χ3v) is 21.8. The average Bonchev–Trinajstić information content (AvgIpc) is 1.52. The number of hydrogen-bond donors (Lipinski definition) is 1. The summed E-state index contributed by atoms with van der Waals surface area (Å²) in [5.74, 6) is -3.53. The summed E-state index contributed by atoms with van der Waals surface area (Å²) < 4.78 is 14.2. The van der Waals surface area contributed by atoms with Crippen LogP contribution in [0.5, 0.6) is 5.75 Å². The number of carbonyl (C=O) groups excluding carboxylic acids is 1. The van der Waals surface area contributed by atoms with E-state index in [4.69, 9.17) is 32.7 Å². The zero-order valence-electron chi connectivity index (χ0n) is 43.9. The highest BCUT2D eigenvalue weighted by molar-refractivity contribution is 6.35. The quantitative estimate of drug-likeness (QED) is 0.0862. The van der Waals surface area contributed by atoms with Gasteiger partial charge < -0.3 is 14.8 Å². The van der Waals surface area contributed by atoms with Crippen molar-refractivity contribution < 1.29 is 43.8 Å². The molecule has 9 aliphatic rings. The molecule has 0 spiro atoms. The number of fused-ring (bicyclic) bond motifs is 5. The van der Waals surface area contributed by atoms with E-state index < -0.39 is 119 Å². The van der Waals surface area contributed by atoms with Crippen molar-refractivity contribution in [1.82, 2.24) is 10.2 Å². The normalized spacial score (nSPS) is 41.6. The Morgan fingerprint density at radius 1 is 0.564 bits per heavy atom. The van der Waals surface area contributed by atoms with Crippen LogP contribution in [-0.2, 0) is 9.53 Å². The van der Waals surface area contributed by atoms with E-state index in [0.29, 0.717) is 88.5 Å². The maximum absolute atomic E-state index is 14.6. The van der Waals surface area contributed by atoms with Crippen molar-refractivity contribution in [3.05, 3.63) is 101 Å². The van der Waals surface area contributed by atoms with Crippen LogP contribution in [0.1, 0.15) is 154 Å². The number of hydrogen-bond acceptors (Lipinski definition) is 16. The van der Waals surface area contributed by atoms with Crippen LogP contribution in [0.3, 0.4) is 0 Å². The average molecular weight is 1130 g/mol. The Hall–Kier alpha value is -4.87. The molecule has 3 aliphatic heterocycles. The molecular formula is C53H72Cl2N8O15. The van der Waals surface area contributed by atoms with Crippen LogP contribution >= 0.6 is 23.2 Å². The molecule has 1 aromatic carbocycles. The zero-order chi connectivity index (χ0) is 55.5. The largest absolute Gasteiger partial charge is 0.482 e. The minimum Gasteiger partial charge on any atom is -0.482 e. The Labute approximate surface area is 461 Å². The molecular weight excluding hydrogens is 1060 g/mol. The Kier molecular flexibility index (Phi) is 16.1. The molecule has 428 valence electrons. The summed E-state index contributed by atoms with van der Waals surface area (Å²) in [5.41, 5.74) is -6.11. The first-order valence-corrected chi connectivity index (χ1v) is 29.4. The number of nitro groups is 6. The van der Waals surface area contributed by atoms with Crippen molar-refractivity contribution in [2.24, 2.45) is 40.4 Å². The highest BCUT2D eigenvalue weighted by Crippen LogP contribution is 2.85. The molecule has 1 amide bonds. The van der Waals surface area contributed by atoms with Gasteiger partial charge in [-0.15, -0.1) is 0 Å². The number of rotatable bonds is 17. The van der Waals surface area contributed by atoms with Crippen LogP contribution in [0.2, 0.25) is 10.0 Å². The molecule has 18 atom stereocenters. The molecule has 8 fully saturated rings. The summed E-state index contributed by atoms with van der Waals surface area (Å²) in [6.07, 6.45) is 11.0. The molecule has 2 saturated heterocycles. The van der Waals surface area contributed by atoms with E-state index in [9.17, 15) is 65.5 Å². The van der Waals surface area contributed by atoms with Crippen molar-refractivity contribution in [2.45, 2.75) is 220 Å². The molecule has 23 nitrogen and oxygen atoms in total. The number of amides is 1. The summed E-state index contributed by atoms with van der Waals surface area (Å²) in [7, 11) is 0. The molecule has 78 heavy (non-hydrogen) atoms. The van der Waals surface area contributed by atoms with E-state index >= 15 is 0 Å². The highest BCUT2D eigenvalue weighted by atomic mass is 35.5. The third kappa shape index (κ3) is 9.38. The summed E-state index contributed by atoms with van der Waals surface area (Å²) in [6.45, 7) is -0.801. The number of nitrogens with zero attached hydrogens (tertiary/aromatic N) is 7. The minimum absolute atomic E-state index is 0.0102. The fourth-order valence-corrected chi connectivity index (χ4v) is 19.4. The second kappa shape index (κ2) is 22.2. The Bertz CT molecular complexity index is 2570. The van der Waals surface area contributed by atoms with Gasteiger partial charge in [0.05, 0.1) is 17.2 Å². The molecule has 10 rings (SSSR count). The van der Waals surface area contributed by atoms with E-state index in [-0.39, 0.29) is 117 Å². The van der Waals surface area contributed by atoms with E-state index in [2.05, 4.69) is 10.2 Å². The summed E-state index contributed by atoms with van der Waals surface area (Å²) in [6, 6.07) is -3.82. The van der Waals surface area contributed by atoms with Gasteiger partial charge in [0, 0.05) is 141 Å². The van der Waals surface area contributed by atoms with Gasteiger partial charge in [-0.25, -0.2) is 0 Å². The molecule has 2 bridgehead atoms. The molecule has 0 aromatic heterocycles. The van der Waals surface area contributed by atoms with Crippen LogP contribution in [0, 0.1) is 101 Å². The zero-order valence-corrected chi connectivity index (χ0v) is 45.4. The summed E-state index contributed by atoms with van der Waals surface area (Å²) in [5, 5.41) is 83.3. The van der Waals surface area contributed by atoms with Crippen LogP contribution in [-0.4, -0.2) is 119 Å². The number of nitrogens with one attached hydrogen (secondary N) is 1. The molecule has 6 saturated carbocycles. The van der Waals surface area contributed by atoms with Gasteiger partial charge in [0.1, 0.15) is 11.4 Å². The molecule has 18 unspecified atom stereocenters. The van der Waals surface area contributed by atoms with Crippen LogP contribution < -0.4 is 10.1 Å². The van der Waals surface area contributed by atoms with Gasteiger partial charge in [-0.05, 0) is 125 Å². The highest BCUT2D eigenvalue weighted by Gasteiger charge is 2.92. The van der Waals surface area contributed by atoms with Crippen LogP contribution in [0.25, 0.3) is 0 Å². The van der Waals surface area contributed by atoms with Gasteiger partial charge in [-0.3, -0.25) is 70.4 Å². The molecule has 25 heteroatoms. The SMILES string of the molecule is O=C(COc1ccc(Cl)cc1Cl)NCC12C=CC(C3CCCC([N+](=O)[O-])C3)(O1)C1(C3CCCC([N+](=O)[O-])C3)C(C3CCCC([N+](=O)[O-])C3)N(C3CCCC([N+](=O)[O-])C3)C(C3CCCC([N+](=O)[O-])C3)C21C1CCCC([N+](=O)[O-])C1. The van der Waals surface area contributed by atoms with E-state index in [1.54, 1.807) is 6.07 Å². The number of likely N-dealkylation sites (tertiary alicyclic amines) is 1. The van der Waals surface area contributed by atoms with Gasteiger partial charge in [0.25, 0.3) is 5.91 Å². The number of halogens is 2. The van der Waals surface area contributed by atoms with Gasteiger partial charge >= 0.3 is 0 Å². The number of ether oxygens (including phenoxy) is 2. The Balaban J connectivity index is 1.31.